The molecular formula is C13H20O3. The highest BCUT2D eigenvalue weighted by Gasteiger charge is 1.92. The summed E-state index contributed by atoms with van der Waals surface area (Å²) in [6.07, 6.45) is 10.9. The summed E-state index contributed by atoms with van der Waals surface area (Å²) in [5.74, 6) is -0.936. The predicted octanol–water partition coefficient (Wildman–Crippen LogP) is 2.68. The van der Waals surface area contributed by atoms with Gasteiger partial charge in [0.15, 0.2) is 0 Å². The van der Waals surface area contributed by atoms with E-state index in [2.05, 4.69) is 0 Å². The molecule has 0 radical (unpaired) electrons. The second-order valence-corrected chi connectivity index (χ2v) is 3.79. The average molecular weight is 224 g/mol. The normalized spacial score (nSPS) is 14.8. The Kier molecular flexibility index (Phi) is 8.17. The second kappa shape index (κ2) is 8.92. The Labute approximate surface area is 96.8 Å². The molecule has 0 aromatic carbocycles. The van der Waals surface area contributed by atoms with Gasteiger partial charge >= 0.3 is 5.97 Å². The smallest absolute Gasteiger partial charge is 0.328 e. The van der Waals surface area contributed by atoms with Crippen LogP contribution in [0, 0.1) is 0 Å². The molecule has 0 spiro atoms. The molecule has 0 fully saturated rings. The molecule has 0 amide bonds. The topological polar surface area (TPSA) is 57.5 Å². The van der Waals surface area contributed by atoms with Crippen molar-refractivity contribution < 1.29 is 15.0 Å². The van der Waals surface area contributed by atoms with Crippen molar-refractivity contribution in [3.63, 3.8) is 0 Å². The fourth-order valence-electron chi connectivity index (χ4n) is 1.11. The molecular weight excluding hydrogens is 204 g/mol. The van der Waals surface area contributed by atoms with Gasteiger partial charge in [0.25, 0.3) is 0 Å². The number of carbonyl (C=O) groups is 1. The number of hydrogen-bond acceptors (Lipinski definition) is 2. The molecule has 0 saturated carbocycles. The molecule has 0 aliphatic heterocycles. The van der Waals surface area contributed by atoms with Crippen LogP contribution in [0.4, 0.5) is 0 Å². The summed E-state index contributed by atoms with van der Waals surface area (Å²) in [6.45, 7) is 3.63. The number of carboxylic acid groups (broad SMARTS) is 1. The third kappa shape index (κ3) is 10.7. The molecule has 0 rings (SSSR count). The summed E-state index contributed by atoms with van der Waals surface area (Å²) in [5.41, 5.74) is 0.897. The van der Waals surface area contributed by atoms with Crippen molar-refractivity contribution in [2.45, 2.75) is 39.2 Å². The Morgan fingerprint density at radius 3 is 2.62 bits per heavy atom. The van der Waals surface area contributed by atoms with Gasteiger partial charge in [-0.3, -0.25) is 0 Å². The van der Waals surface area contributed by atoms with Gasteiger partial charge in [-0.15, -0.1) is 0 Å². The van der Waals surface area contributed by atoms with Gasteiger partial charge in [-0.05, 0) is 33.1 Å². The first-order valence-corrected chi connectivity index (χ1v) is 5.45. The van der Waals surface area contributed by atoms with Crippen molar-refractivity contribution in [3.8, 4) is 0 Å². The van der Waals surface area contributed by atoms with Gasteiger partial charge in [0.2, 0.25) is 0 Å². The van der Waals surface area contributed by atoms with Gasteiger partial charge < -0.3 is 10.2 Å². The first kappa shape index (κ1) is 14.6. The number of unbranched alkanes of at least 4 members (excludes halogenated alkanes) is 1. The number of hydrogen-bond donors (Lipinski definition) is 2. The molecule has 0 aromatic rings. The van der Waals surface area contributed by atoms with Crippen LogP contribution in [-0.2, 0) is 4.79 Å². The predicted molar refractivity (Wildman–Crippen MR) is 65.2 cm³/mol. The van der Waals surface area contributed by atoms with Crippen LogP contribution >= 0.6 is 0 Å². The van der Waals surface area contributed by atoms with E-state index >= 15 is 0 Å². The zero-order chi connectivity index (χ0) is 12.4. The summed E-state index contributed by atoms with van der Waals surface area (Å²) >= 11 is 0. The third-order valence-corrected chi connectivity index (χ3v) is 1.98. The number of aliphatic hydroxyl groups is 1. The van der Waals surface area contributed by atoms with E-state index in [1.165, 1.54) is 0 Å². The third-order valence-electron chi connectivity index (χ3n) is 1.98. The first-order valence-electron chi connectivity index (χ1n) is 5.45. The fraction of sp³-hybridized carbons (Fsp3) is 0.462. The molecule has 0 aliphatic carbocycles. The highest BCUT2D eigenvalue weighted by molar-refractivity contribution is 5.80. The number of allylic oxidation sites excluding steroid dienone is 5. The SMILES string of the molecule is CC(/C=C/C(=O)O)=C\C=C\CCC[C@H](C)O. The van der Waals surface area contributed by atoms with E-state index in [-0.39, 0.29) is 6.10 Å². The van der Waals surface area contributed by atoms with Gasteiger partial charge in [0.1, 0.15) is 0 Å². The van der Waals surface area contributed by atoms with E-state index in [0.717, 1.165) is 30.9 Å². The maximum absolute atomic E-state index is 10.2. The largest absolute Gasteiger partial charge is 0.478 e. The molecule has 0 bridgehead atoms. The maximum atomic E-state index is 10.2. The molecule has 0 saturated heterocycles. The minimum Gasteiger partial charge on any atom is -0.478 e. The lowest BCUT2D eigenvalue weighted by Gasteiger charge is -1.99. The van der Waals surface area contributed by atoms with Gasteiger partial charge in [0.05, 0.1) is 6.10 Å². The van der Waals surface area contributed by atoms with Gasteiger partial charge in [-0.2, -0.15) is 0 Å². The van der Waals surface area contributed by atoms with Crippen LogP contribution in [0.1, 0.15) is 33.1 Å². The lowest BCUT2D eigenvalue weighted by atomic mass is 10.1. The van der Waals surface area contributed by atoms with Crippen LogP contribution in [0.15, 0.2) is 36.0 Å². The summed E-state index contributed by atoms with van der Waals surface area (Å²) < 4.78 is 0. The van der Waals surface area contributed by atoms with Crippen LogP contribution in [0.25, 0.3) is 0 Å². The standard InChI is InChI=1S/C13H20O3/c1-11(9-10-13(15)16)7-5-3-4-6-8-12(2)14/h3,5,7,9-10,12,14H,4,6,8H2,1-2H3,(H,15,16)/b5-3+,10-9+,11-7+/t12-/m0/s1. The Balaban J connectivity index is 3.80. The summed E-state index contributed by atoms with van der Waals surface area (Å²) in [5, 5.41) is 17.4. The van der Waals surface area contributed by atoms with Crippen molar-refractivity contribution >= 4 is 5.97 Å². The lowest BCUT2D eigenvalue weighted by molar-refractivity contribution is -0.131. The van der Waals surface area contributed by atoms with Gasteiger partial charge in [-0.1, -0.05) is 29.9 Å². The molecule has 16 heavy (non-hydrogen) atoms. The highest BCUT2D eigenvalue weighted by Crippen LogP contribution is 2.02. The molecule has 3 heteroatoms. The summed E-state index contributed by atoms with van der Waals surface area (Å²) in [6, 6.07) is 0. The number of aliphatic carboxylic acids is 1. The molecule has 3 nitrogen and oxygen atoms in total. The molecule has 0 unspecified atom stereocenters. The number of carboxylic acids is 1. The van der Waals surface area contributed by atoms with Gasteiger partial charge in [-0.25, -0.2) is 4.79 Å². The van der Waals surface area contributed by atoms with E-state index in [1.807, 2.05) is 25.2 Å². The van der Waals surface area contributed by atoms with E-state index in [0.29, 0.717) is 0 Å². The van der Waals surface area contributed by atoms with Crippen molar-refractivity contribution in [2.24, 2.45) is 0 Å². The van der Waals surface area contributed by atoms with E-state index in [9.17, 15) is 4.79 Å². The minimum absolute atomic E-state index is 0.232. The summed E-state index contributed by atoms with van der Waals surface area (Å²) in [7, 11) is 0. The van der Waals surface area contributed by atoms with Crippen LogP contribution in [0.3, 0.4) is 0 Å². The Bertz CT molecular complexity index is 286. The molecule has 90 valence electrons. The molecule has 0 aliphatic rings. The van der Waals surface area contributed by atoms with Crippen LogP contribution in [0.5, 0.6) is 0 Å². The zero-order valence-electron chi connectivity index (χ0n) is 9.89. The molecule has 0 aromatic heterocycles. The van der Waals surface area contributed by atoms with Crippen molar-refractivity contribution in [3.05, 3.63) is 36.0 Å². The van der Waals surface area contributed by atoms with Crippen molar-refractivity contribution in [1.29, 1.82) is 0 Å². The fourth-order valence-corrected chi connectivity index (χ4v) is 1.11. The highest BCUT2D eigenvalue weighted by atomic mass is 16.4. The van der Waals surface area contributed by atoms with E-state index in [4.69, 9.17) is 10.2 Å². The van der Waals surface area contributed by atoms with E-state index in [1.54, 1.807) is 13.0 Å². The second-order valence-electron chi connectivity index (χ2n) is 3.79. The average Bonchev–Trinajstić information content (AvgIpc) is 2.19. The molecule has 2 N–H and O–H groups in total. The summed E-state index contributed by atoms with van der Waals surface area (Å²) in [4.78, 5) is 10.2. The quantitative estimate of drug-likeness (QED) is 0.397. The first-order chi connectivity index (χ1) is 7.52. The number of rotatable bonds is 7. The van der Waals surface area contributed by atoms with Crippen LogP contribution < -0.4 is 0 Å². The number of aliphatic hydroxyl groups excluding tert-OH is 1. The molecule has 0 heterocycles. The van der Waals surface area contributed by atoms with E-state index < -0.39 is 5.97 Å². The minimum atomic E-state index is -0.936. The lowest BCUT2D eigenvalue weighted by Crippen LogP contribution is -1.97. The van der Waals surface area contributed by atoms with Crippen molar-refractivity contribution in [2.75, 3.05) is 0 Å². The van der Waals surface area contributed by atoms with Crippen LogP contribution in [-0.4, -0.2) is 22.3 Å². The van der Waals surface area contributed by atoms with Crippen LogP contribution in [0.2, 0.25) is 0 Å². The Hall–Kier alpha value is -1.35. The molecule has 1 atom stereocenters. The Morgan fingerprint density at radius 2 is 2.06 bits per heavy atom. The maximum Gasteiger partial charge on any atom is 0.328 e. The monoisotopic (exact) mass is 224 g/mol. The van der Waals surface area contributed by atoms with Crippen molar-refractivity contribution in [1.82, 2.24) is 0 Å². The van der Waals surface area contributed by atoms with Gasteiger partial charge in [0, 0.05) is 6.08 Å². The zero-order valence-corrected chi connectivity index (χ0v) is 9.89. The Morgan fingerprint density at radius 1 is 1.38 bits per heavy atom.